The van der Waals surface area contributed by atoms with Gasteiger partial charge in [-0.2, -0.15) is 0 Å². The van der Waals surface area contributed by atoms with Crippen molar-refractivity contribution in [3.8, 4) is 5.75 Å². The van der Waals surface area contributed by atoms with Gasteiger partial charge in [-0.05, 0) is 50.4 Å². The van der Waals surface area contributed by atoms with Crippen molar-refractivity contribution < 1.29 is 4.74 Å². The molecule has 0 unspecified atom stereocenters. The van der Waals surface area contributed by atoms with Gasteiger partial charge in [0.15, 0.2) is 0 Å². The van der Waals surface area contributed by atoms with Crippen LogP contribution in [0.25, 0.3) is 0 Å². The molecule has 1 fully saturated rings. The summed E-state index contributed by atoms with van der Waals surface area (Å²) < 4.78 is 5.57. The van der Waals surface area contributed by atoms with Crippen molar-refractivity contribution in [1.82, 2.24) is 5.32 Å². The summed E-state index contributed by atoms with van der Waals surface area (Å²) in [4.78, 5) is 0. The number of nitrogen functional groups attached to an aromatic ring is 1. The maximum absolute atomic E-state index is 5.78. The van der Waals surface area contributed by atoms with Crippen molar-refractivity contribution in [3.05, 3.63) is 23.8 Å². The maximum Gasteiger partial charge on any atom is 0.123 e. The van der Waals surface area contributed by atoms with E-state index < -0.39 is 0 Å². The summed E-state index contributed by atoms with van der Waals surface area (Å²) in [5.74, 6) is 1.84. The zero-order chi connectivity index (χ0) is 11.4. The average molecular weight is 220 g/mol. The second-order valence-electron chi connectivity index (χ2n) is 4.37. The van der Waals surface area contributed by atoms with E-state index >= 15 is 0 Å². The molecule has 0 heterocycles. The quantitative estimate of drug-likeness (QED) is 0.722. The lowest BCUT2D eigenvalue weighted by atomic mass is 10.1. The van der Waals surface area contributed by atoms with Crippen molar-refractivity contribution >= 4 is 5.69 Å². The summed E-state index contributed by atoms with van der Waals surface area (Å²) in [5, 5.41) is 3.45. The molecule has 3 N–H and O–H groups in total. The normalized spacial score (nSPS) is 15.1. The topological polar surface area (TPSA) is 47.3 Å². The van der Waals surface area contributed by atoms with E-state index in [2.05, 4.69) is 5.32 Å². The second-order valence-corrected chi connectivity index (χ2v) is 4.37. The molecular weight excluding hydrogens is 200 g/mol. The summed E-state index contributed by atoms with van der Waals surface area (Å²) in [5.41, 5.74) is 7.74. The molecule has 2 rings (SSSR count). The number of rotatable bonds is 6. The molecule has 0 bridgehead atoms. The van der Waals surface area contributed by atoms with E-state index in [4.69, 9.17) is 10.5 Å². The fraction of sp³-hybridized carbons (Fsp3) is 0.538. The molecule has 0 amide bonds. The fourth-order valence-electron chi connectivity index (χ4n) is 1.77. The van der Waals surface area contributed by atoms with Crippen LogP contribution in [0.1, 0.15) is 25.3 Å². The first-order valence-electron chi connectivity index (χ1n) is 6.01. The van der Waals surface area contributed by atoms with Crippen molar-refractivity contribution in [2.24, 2.45) is 5.92 Å². The minimum Gasteiger partial charge on any atom is -0.494 e. The molecule has 0 aromatic heterocycles. The van der Waals surface area contributed by atoms with Crippen LogP contribution in [0, 0.1) is 5.92 Å². The third kappa shape index (κ3) is 3.14. The predicted octanol–water partition coefficient (Wildman–Crippen LogP) is 2.17. The van der Waals surface area contributed by atoms with Gasteiger partial charge >= 0.3 is 0 Å². The van der Waals surface area contributed by atoms with Gasteiger partial charge in [0.25, 0.3) is 0 Å². The molecule has 0 radical (unpaired) electrons. The van der Waals surface area contributed by atoms with Crippen LogP contribution < -0.4 is 15.8 Å². The van der Waals surface area contributed by atoms with Gasteiger partial charge in [0, 0.05) is 17.8 Å². The molecule has 1 aliphatic rings. The Kier molecular flexibility index (Phi) is 3.67. The Bertz CT molecular complexity index is 348. The Labute approximate surface area is 97.0 Å². The molecule has 0 spiro atoms. The molecule has 3 heteroatoms. The van der Waals surface area contributed by atoms with E-state index in [1.165, 1.54) is 12.8 Å². The number of nitrogens with one attached hydrogen (secondary N) is 1. The largest absolute Gasteiger partial charge is 0.494 e. The molecular formula is C13H20N2O. The number of ether oxygens (including phenoxy) is 1. The Balaban J connectivity index is 1.94. The van der Waals surface area contributed by atoms with Crippen LogP contribution in [0.5, 0.6) is 5.75 Å². The predicted molar refractivity (Wildman–Crippen MR) is 66.5 cm³/mol. The summed E-state index contributed by atoms with van der Waals surface area (Å²) in [7, 11) is 0. The van der Waals surface area contributed by atoms with Crippen LogP contribution in [0.3, 0.4) is 0 Å². The number of nitrogens with two attached hydrogens (primary N) is 1. The van der Waals surface area contributed by atoms with Crippen molar-refractivity contribution in [2.75, 3.05) is 18.9 Å². The zero-order valence-corrected chi connectivity index (χ0v) is 9.83. The van der Waals surface area contributed by atoms with E-state index in [9.17, 15) is 0 Å². The van der Waals surface area contributed by atoms with Crippen LogP contribution in [0.15, 0.2) is 18.2 Å². The standard InChI is InChI=1S/C13H20N2O/c1-2-16-13-6-5-12(14)7-11(13)9-15-8-10-3-4-10/h5-7,10,15H,2-4,8-9,14H2,1H3. The first-order valence-corrected chi connectivity index (χ1v) is 6.01. The summed E-state index contributed by atoms with van der Waals surface area (Å²) in [6.07, 6.45) is 2.75. The third-order valence-corrected chi connectivity index (χ3v) is 2.83. The van der Waals surface area contributed by atoms with Gasteiger partial charge in [0.2, 0.25) is 0 Å². The lowest BCUT2D eigenvalue weighted by Gasteiger charge is -2.11. The van der Waals surface area contributed by atoms with Crippen molar-refractivity contribution in [1.29, 1.82) is 0 Å². The van der Waals surface area contributed by atoms with Gasteiger partial charge in [-0.3, -0.25) is 0 Å². The molecule has 0 atom stereocenters. The Morgan fingerprint density at radius 3 is 2.94 bits per heavy atom. The SMILES string of the molecule is CCOc1ccc(N)cc1CNCC1CC1. The lowest BCUT2D eigenvalue weighted by Crippen LogP contribution is -2.17. The molecule has 0 saturated heterocycles. The maximum atomic E-state index is 5.78. The summed E-state index contributed by atoms with van der Waals surface area (Å²) >= 11 is 0. The lowest BCUT2D eigenvalue weighted by molar-refractivity contribution is 0.335. The van der Waals surface area contributed by atoms with Gasteiger partial charge in [-0.25, -0.2) is 0 Å². The average Bonchev–Trinajstić information content (AvgIpc) is 3.06. The highest BCUT2D eigenvalue weighted by Gasteiger charge is 2.20. The van der Waals surface area contributed by atoms with Crippen molar-refractivity contribution in [3.63, 3.8) is 0 Å². The molecule has 16 heavy (non-hydrogen) atoms. The van der Waals surface area contributed by atoms with Crippen LogP contribution in [0.4, 0.5) is 5.69 Å². The molecule has 88 valence electrons. The minimum atomic E-state index is 0.694. The van der Waals surface area contributed by atoms with E-state index in [0.29, 0.717) is 6.61 Å². The van der Waals surface area contributed by atoms with Gasteiger partial charge in [0.05, 0.1) is 6.61 Å². The molecule has 1 aromatic carbocycles. The first-order chi connectivity index (χ1) is 7.79. The van der Waals surface area contributed by atoms with Crippen molar-refractivity contribution in [2.45, 2.75) is 26.3 Å². The number of benzene rings is 1. The summed E-state index contributed by atoms with van der Waals surface area (Å²) in [6.45, 7) is 4.65. The smallest absolute Gasteiger partial charge is 0.123 e. The molecule has 1 aromatic rings. The van der Waals surface area contributed by atoms with E-state index in [1.807, 2.05) is 25.1 Å². The van der Waals surface area contributed by atoms with Gasteiger partial charge in [-0.15, -0.1) is 0 Å². The van der Waals surface area contributed by atoms with Crippen LogP contribution in [0.2, 0.25) is 0 Å². The fourth-order valence-corrected chi connectivity index (χ4v) is 1.77. The van der Waals surface area contributed by atoms with E-state index in [1.54, 1.807) is 0 Å². The Hall–Kier alpha value is -1.22. The number of hydrogen-bond donors (Lipinski definition) is 2. The third-order valence-electron chi connectivity index (χ3n) is 2.83. The highest BCUT2D eigenvalue weighted by molar-refractivity contribution is 5.47. The Morgan fingerprint density at radius 2 is 2.25 bits per heavy atom. The molecule has 1 saturated carbocycles. The molecule has 3 nitrogen and oxygen atoms in total. The zero-order valence-electron chi connectivity index (χ0n) is 9.83. The van der Waals surface area contributed by atoms with Gasteiger partial charge in [-0.1, -0.05) is 0 Å². The monoisotopic (exact) mass is 220 g/mol. The van der Waals surface area contributed by atoms with E-state index in [-0.39, 0.29) is 0 Å². The number of hydrogen-bond acceptors (Lipinski definition) is 3. The highest BCUT2D eigenvalue weighted by atomic mass is 16.5. The molecule has 1 aliphatic carbocycles. The minimum absolute atomic E-state index is 0.694. The van der Waals surface area contributed by atoms with Crippen LogP contribution in [-0.4, -0.2) is 13.2 Å². The number of anilines is 1. The van der Waals surface area contributed by atoms with Crippen LogP contribution >= 0.6 is 0 Å². The van der Waals surface area contributed by atoms with Gasteiger partial charge < -0.3 is 15.8 Å². The Morgan fingerprint density at radius 1 is 1.44 bits per heavy atom. The van der Waals surface area contributed by atoms with E-state index in [0.717, 1.165) is 36.0 Å². The first kappa shape index (κ1) is 11.3. The highest BCUT2D eigenvalue weighted by Crippen LogP contribution is 2.28. The summed E-state index contributed by atoms with van der Waals surface area (Å²) in [6, 6.07) is 5.83. The van der Waals surface area contributed by atoms with Gasteiger partial charge in [0.1, 0.15) is 5.75 Å². The van der Waals surface area contributed by atoms with Crippen LogP contribution in [-0.2, 0) is 6.54 Å². The molecule has 0 aliphatic heterocycles. The second kappa shape index (κ2) is 5.21.